The molecular weight excluding hydrogens is 473 g/mol. The summed E-state index contributed by atoms with van der Waals surface area (Å²) in [6.07, 6.45) is 3.21. The number of hydrogen-bond acceptors (Lipinski definition) is 1. The Morgan fingerprint density at radius 3 is 2.11 bits per heavy atom. The van der Waals surface area contributed by atoms with Crippen molar-refractivity contribution < 1.29 is 35.5 Å². The van der Waals surface area contributed by atoms with Crippen molar-refractivity contribution in [1.29, 1.82) is 0 Å². The average molecular weight is 500 g/mol. The Balaban J connectivity index is 1.51. The van der Waals surface area contributed by atoms with E-state index in [1.165, 1.54) is 6.07 Å². The normalized spacial score (nSPS) is 23.3. The monoisotopic (exact) mass is 500 g/mol. The van der Waals surface area contributed by atoms with E-state index in [1.807, 2.05) is 6.08 Å². The van der Waals surface area contributed by atoms with Gasteiger partial charge in [0.25, 0.3) is 0 Å². The Kier molecular flexibility index (Phi) is 7.60. The van der Waals surface area contributed by atoms with Gasteiger partial charge in [0.2, 0.25) is 0 Å². The molecular formula is C27H27F7O. The summed E-state index contributed by atoms with van der Waals surface area (Å²) in [5.41, 5.74) is -2.41. The van der Waals surface area contributed by atoms with Crippen LogP contribution in [-0.2, 0) is 10.9 Å². The molecule has 3 atom stereocenters. The number of benzene rings is 2. The number of halogens is 7. The molecule has 1 saturated heterocycles. The van der Waals surface area contributed by atoms with Crippen molar-refractivity contribution in [2.24, 2.45) is 11.8 Å². The molecule has 8 heteroatoms. The fourth-order valence-corrected chi connectivity index (χ4v) is 5.29. The summed E-state index contributed by atoms with van der Waals surface area (Å²) in [6.45, 7) is 2.92. The van der Waals surface area contributed by atoms with Gasteiger partial charge in [-0.1, -0.05) is 31.6 Å². The summed E-state index contributed by atoms with van der Waals surface area (Å²) < 4.78 is 102. The first-order chi connectivity index (χ1) is 16.6. The van der Waals surface area contributed by atoms with Crippen molar-refractivity contribution in [2.75, 3.05) is 6.61 Å². The van der Waals surface area contributed by atoms with Crippen LogP contribution in [0.1, 0.15) is 63.0 Å². The van der Waals surface area contributed by atoms with Gasteiger partial charge in [-0.2, -0.15) is 13.2 Å². The lowest BCUT2D eigenvalue weighted by molar-refractivity contribution is -0.142. The van der Waals surface area contributed by atoms with E-state index in [2.05, 4.69) is 6.92 Å². The Bertz CT molecular complexity index is 1070. The molecule has 2 aromatic carbocycles. The van der Waals surface area contributed by atoms with Gasteiger partial charge in [0.1, 0.15) is 17.2 Å². The van der Waals surface area contributed by atoms with Crippen molar-refractivity contribution in [3.63, 3.8) is 0 Å². The first kappa shape index (κ1) is 25.7. The van der Waals surface area contributed by atoms with Crippen LogP contribution in [0, 0.1) is 35.1 Å². The third kappa shape index (κ3) is 5.42. The lowest BCUT2D eigenvalue weighted by Crippen LogP contribution is -2.32. The quantitative estimate of drug-likeness (QED) is 0.373. The summed E-state index contributed by atoms with van der Waals surface area (Å²) in [7, 11) is 0. The highest BCUT2D eigenvalue weighted by Crippen LogP contribution is 2.40. The molecule has 2 aromatic rings. The summed E-state index contributed by atoms with van der Waals surface area (Å²) in [6, 6.07) is 3.17. The lowest BCUT2D eigenvalue weighted by atomic mass is 9.80. The zero-order chi connectivity index (χ0) is 25.3. The highest BCUT2D eigenvalue weighted by atomic mass is 19.4. The minimum absolute atomic E-state index is 0.0464. The van der Waals surface area contributed by atoms with Gasteiger partial charge in [-0.25, -0.2) is 17.6 Å². The molecule has 0 saturated carbocycles. The van der Waals surface area contributed by atoms with E-state index in [0.717, 1.165) is 44.8 Å². The minimum Gasteiger partial charge on any atom is -0.378 e. The molecule has 0 amide bonds. The predicted octanol–water partition coefficient (Wildman–Crippen LogP) is 8.71. The Labute approximate surface area is 200 Å². The van der Waals surface area contributed by atoms with Gasteiger partial charge in [0, 0.05) is 17.7 Å². The van der Waals surface area contributed by atoms with Gasteiger partial charge in [-0.3, -0.25) is 0 Å². The standard InChI is InChI=1S/C27H27F7O/c1-2-3-15-4-11-23(35-14-15)17-7-5-16(6-8-17)19-9-10-20(26(31)25(19)30)18-12-21(28)24(22(29)13-18)27(32,33)34/h5,9-10,12-13,15,17,23H,2-4,6-8,11,14H2,1H3. The molecule has 0 aromatic heterocycles. The molecule has 0 radical (unpaired) electrons. The molecule has 1 heterocycles. The van der Waals surface area contributed by atoms with Crippen LogP contribution in [0.25, 0.3) is 16.7 Å². The van der Waals surface area contributed by atoms with Crippen LogP contribution in [0.3, 0.4) is 0 Å². The Morgan fingerprint density at radius 2 is 1.57 bits per heavy atom. The second-order valence-electron chi connectivity index (χ2n) is 9.47. The zero-order valence-electron chi connectivity index (χ0n) is 19.3. The van der Waals surface area contributed by atoms with Crippen LogP contribution in [0.15, 0.2) is 30.3 Å². The first-order valence-electron chi connectivity index (χ1n) is 12.0. The number of rotatable bonds is 5. The second-order valence-corrected chi connectivity index (χ2v) is 9.47. The van der Waals surface area contributed by atoms with Crippen molar-refractivity contribution in [3.8, 4) is 11.1 Å². The first-order valence-corrected chi connectivity index (χ1v) is 12.0. The fraction of sp³-hybridized carbons (Fsp3) is 0.481. The maximum atomic E-state index is 15.0. The third-order valence-electron chi connectivity index (χ3n) is 7.14. The lowest BCUT2D eigenvalue weighted by Gasteiger charge is -2.35. The predicted molar refractivity (Wildman–Crippen MR) is 119 cm³/mol. The van der Waals surface area contributed by atoms with Gasteiger partial charge < -0.3 is 4.74 Å². The van der Waals surface area contributed by atoms with E-state index < -0.39 is 46.1 Å². The molecule has 0 bridgehead atoms. The maximum Gasteiger partial charge on any atom is 0.422 e. The average Bonchev–Trinajstić information content (AvgIpc) is 2.80. The zero-order valence-corrected chi connectivity index (χ0v) is 19.3. The minimum atomic E-state index is -5.24. The Morgan fingerprint density at radius 1 is 0.914 bits per heavy atom. The highest BCUT2D eigenvalue weighted by molar-refractivity contribution is 5.72. The summed E-state index contributed by atoms with van der Waals surface area (Å²) in [4.78, 5) is 0. The molecule has 0 N–H and O–H groups in total. The van der Waals surface area contributed by atoms with Crippen molar-refractivity contribution in [3.05, 3.63) is 64.7 Å². The number of ether oxygens (including phenoxy) is 1. The van der Waals surface area contributed by atoms with Gasteiger partial charge >= 0.3 is 6.18 Å². The van der Waals surface area contributed by atoms with Crippen LogP contribution < -0.4 is 0 Å². The van der Waals surface area contributed by atoms with Crippen LogP contribution in [-0.4, -0.2) is 12.7 Å². The van der Waals surface area contributed by atoms with E-state index in [4.69, 9.17) is 4.74 Å². The van der Waals surface area contributed by atoms with E-state index in [-0.39, 0.29) is 11.7 Å². The van der Waals surface area contributed by atoms with Gasteiger partial charge in [0.05, 0.1) is 6.10 Å². The van der Waals surface area contributed by atoms with Gasteiger partial charge in [0.15, 0.2) is 11.6 Å². The topological polar surface area (TPSA) is 9.23 Å². The maximum absolute atomic E-state index is 15.0. The molecule has 1 aliphatic carbocycles. The molecule has 35 heavy (non-hydrogen) atoms. The molecule has 4 rings (SSSR count). The van der Waals surface area contributed by atoms with Crippen LogP contribution in [0.5, 0.6) is 0 Å². The Hall–Kier alpha value is -2.35. The fourth-order valence-electron chi connectivity index (χ4n) is 5.29. The number of hydrogen-bond donors (Lipinski definition) is 0. The molecule has 0 spiro atoms. The van der Waals surface area contributed by atoms with Crippen LogP contribution >= 0.6 is 0 Å². The number of allylic oxidation sites excluding steroid dienone is 2. The van der Waals surface area contributed by atoms with Crippen LogP contribution in [0.4, 0.5) is 30.7 Å². The molecule has 190 valence electrons. The van der Waals surface area contributed by atoms with E-state index >= 15 is 0 Å². The number of alkyl halides is 3. The second kappa shape index (κ2) is 10.3. The molecule has 1 nitrogen and oxygen atoms in total. The van der Waals surface area contributed by atoms with Crippen molar-refractivity contribution in [2.45, 2.75) is 64.1 Å². The SMILES string of the molecule is CCCC1CCC(C2CC=C(c3ccc(-c4cc(F)c(C(F)(F)F)c(F)c4)c(F)c3F)CC2)OC1. The van der Waals surface area contributed by atoms with Crippen molar-refractivity contribution >= 4 is 5.57 Å². The summed E-state index contributed by atoms with van der Waals surface area (Å²) in [5.74, 6) is -5.41. The van der Waals surface area contributed by atoms with E-state index in [0.29, 0.717) is 42.4 Å². The van der Waals surface area contributed by atoms with Gasteiger partial charge in [-0.15, -0.1) is 0 Å². The van der Waals surface area contributed by atoms with Crippen LogP contribution in [0.2, 0.25) is 0 Å². The smallest absolute Gasteiger partial charge is 0.378 e. The van der Waals surface area contributed by atoms with E-state index in [9.17, 15) is 30.7 Å². The molecule has 1 aliphatic heterocycles. The molecule has 3 unspecified atom stereocenters. The molecule has 2 aliphatic rings. The van der Waals surface area contributed by atoms with E-state index in [1.54, 1.807) is 0 Å². The highest BCUT2D eigenvalue weighted by Gasteiger charge is 2.38. The molecule has 1 fully saturated rings. The summed E-state index contributed by atoms with van der Waals surface area (Å²) in [5, 5.41) is 0. The largest absolute Gasteiger partial charge is 0.422 e. The summed E-state index contributed by atoms with van der Waals surface area (Å²) >= 11 is 0. The van der Waals surface area contributed by atoms with Gasteiger partial charge in [-0.05, 0) is 73.6 Å². The van der Waals surface area contributed by atoms with Crippen molar-refractivity contribution in [1.82, 2.24) is 0 Å². The third-order valence-corrected chi connectivity index (χ3v) is 7.14.